The van der Waals surface area contributed by atoms with Crippen molar-refractivity contribution < 1.29 is 0 Å². The Morgan fingerprint density at radius 2 is 0.632 bits per heavy atom. The SMILES string of the molecule is c1ccc(-c2cccc(N(c3ccc4c(-c5ccccc5)c(-c5ccccc5)c5ccccc5c4c3)c3c(-c4ccccc4)cccc3-c3ccccc3)c2)cc1. The first-order valence-corrected chi connectivity index (χ1v) is 19.6. The van der Waals surface area contributed by atoms with E-state index in [1.165, 1.54) is 66.1 Å². The number of anilines is 3. The van der Waals surface area contributed by atoms with E-state index in [0.29, 0.717) is 0 Å². The highest BCUT2D eigenvalue weighted by Crippen LogP contribution is 2.50. The minimum atomic E-state index is 1.09. The van der Waals surface area contributed by atoms with Crippen LogP contribution in [0.15, 0.2) is 237 Å². The highest BCUT2D eigenvalue weighted by atomic mass is 15.1. The van der Waals surface area contributed by atoms with Gasteiger partial charge in [-0.15, -0.1) is 0 Å². The van der Waals surface area contributed by atoms with Crippen molar-refractivity contribution in [2.45, 2.75) is 0 Å². The lowest BCUT2D eigenvalue weighted by atomic mass is 9.85. The van der Waals surface area contributed by atoms with Crippen molar-refractivity contribution in [3.05, 3.63) is 237 Å². The standard InChI is InChI=1S/C56H39N/c1-6-20-40(21-7-1)45-30-18-31-46(38-45)57(56-48(41-22-8-2-9-23-41)34-19-35-49(56)42-24-10-3-11-25-42)47-36-37-52-53(39-47)50-32-16-17-33-51(50)54(43-26-12-4-13-27-43)55(52)44-28-14-5-15-29-44/h1-39H. The zero-order valence-electron chi connectivity index (χ0n) is 31.5. The van der Waals surface area contributed by atoms with E-state index in [-0.39, 0.29) is 0 Å². The zero-order chi connectivity index (χ0) is 38.0. The Balaban J connectivity index is 1.31. The molecule has 0 aliphatic rings. The predicted octanol–water partition coefficient (Wildman–Crippen LogP) is 15.8. The van der Waals surface area contributed by atoms with Crippen LogP contribution in [-0.2, 0) is 0 Å². The quantitative estimate of drug-likeness (QED) is 0.141. The summed E-state index contributed by atoms with van der Waals surface area (Å²) in [5, 5.41) is 4.90. The van der Waals surface area contributed by atoms with Crippen LogP contribution in [-0.4, -0.2) is 0 Å². The lowest BCUT2D eigenvalue weighted by molar-refractivity contribution is 1.29. The lowest BCUT2D eigenvalue weighted by Gasteiger charge is -2.31. The summed E-state index contributed by atoms with van der Waals surface area (Å²) in [5.41, 5.74) is 15.2. The maximum Gasteiger partial charge on any atom is 0.0618 e. The molecule has 10 aromatic carbocycles. The van der Waals surface area contributed by atoms with Crippen molar-refractivity contribution in [2.24, 2.45) is 0 Å². The van der Waals surface area contributed by atoms with Gasteiger partial charge < -0.3 is 4.90 Å². The van der Waals surface area contributed by atoms with Crippen LogP contribution in [0.25, 0.3) is 77.2 Å². The Kier molecular flexibility index (Phi) is 8.95. The highest BCUT2D eigenvalue weighted by molar-refractivity contribution is 6.22. The van der Waals surface area contributed by atoms with E-state index >= 15 is 0 Å². The number of nitrogens with zero attached hydrogens (tertiary/aromatic N) is 1. The second kappa shape index (κ2) is 15.0. The third-order valence-corrected chi connectivity index (χ3v) is 11.0. The molecule has 0 aliphatic heterocycles. The monoisotopic (exact) mass is 725 g/mol. The molecule has 10 rings (SSSR count). The van der Waals surface area contributed by atoms with E-state index < -0.39 is 0 Å². The maximum absolute atomic E-state index is 2.48. The molecule has 57 heavy (non-hydrogen) atoms. The molecule has 0 radical (unpaired) electrons. The van der Waals surface area contributed by atoms with Crippen LogP contribution in [0.1, 0.15) is 0 Å². The van der Waals surface area contributed by atoms with Gasteiger partial charge >= 0.3 is 0 Å². The number of benzene rings is 10. The predicted molar refractivity (Wildman–Crippen MR) is 243 cm³/mol. The fraction of sp³-hybridized carbons (Fsp3) is 0. The third-order valence-electron chi connectivity index (χ3n) is 11.0. The lowest BCUT2D eigenvalue weighted by Crippen LogP contribution is -2.13. The van der Waals surface area contributed by atoms with Gasteiger partial charge in [0.15, 0.2) is 0 Å². The molecule has 0 fully saturated rings. The first-order valence-electron chi connectivity index (χ1n) is 19.6. The van der Waals surface area contributed by atoms with E-state index in [4.69, 9.17) is 0 Å². The minimum absolute atomic E-state index is 1.09. The van der Waals surface area contributed by atoms with Crippen LogP contribution in [0.5, 0.6) is 0 Å². The summed E-state index contributed by atoms with van der Waals surface area (Å²) in [6.45, 7) is 0. The van der Waals surface area contributed by atoms with Gasteiger partial charge in [-0.1, -0.05) is 212 Å². The highest BCUT2D eigenvalue weighted by Gasteiger charge is 2.24. The van der Waals surface area contributed by atoms with E-state index in [9.17, 15) is 0 Å². The number of hydrogen-bond donors (Lipinski definition) is 0. The smallest absolute Gasteiger partial charge is 0.0618 e. The molecule has 0 N–H and O–H groups in total. The van der Waals surface area contributed by atoms with Gasteiger partial charge in [-0.2, -0.15) is 0 Å². The fourth-order valence-corrected chi connectivity index (χ4v) is 8.47. The second-order valence-electron chi connectivity index (χ2n) is 14.4. The van der Waals surface area contributed by atoms with E-state index in [2.05, 4.69) is 241 Å². The van der Waals surface area contributed by atoms with Gasteiger partial charge in [-0.25, -0.2) is 0 Å². The van der Waals surface area contributed by atoms with Crippen molar-refractivity contribution in [1.29, 1.82) is 0 Å². The second-order valence-corrected chi connectivity index (χ2v) is 14.4. The summed E-state index contributed by atoms with van der Waals surface area (Å²) < 4.78 is 0. The largest absolute Gasteiger partial charge is 0.309 e. The molecule has 0 aliphatic carbocycles. The number of hydrogen-bond acceptors (Lipinski definition) is 1. The van der Waals surface area contributed by atoms with Crippen LogP contribution in [0.4, 0.5) is 17.1 Å². The fourth-order valence-electron chi connectivity index (χ4n) is 8.47. The average molecular weight is 726 g/mol. The maximum atomic E-state index is 2.48. The van der Waals surface area contributed by atoms with Gasteiger partial charge in [0.1, 0.15) is 0 Å². The molecule has 0 amide bonds. The molecule has 10 aromatic rings. The number of rotatable bonds is 8. The van der Waals surface area contributed by atoms with Crippen LogP contribution in [0.2, 0.25) is 0 Å². The molecule has 0 unspecified atom stereocenters. The number of fused-ring (bicyclic) bond motifs is 3. The summed E-state index contributed by atoms with van der Waals surface area (Å²) in [6.07, 6.45) is 0. The summed E-state index contributed by atoms with van der Waals surface area (Å²) in [6, 6.07) is 85.7. The minimum Gasteiger partial charge on any atom is -0.309 e. The molecule has 0 heterocycles. The van der Waals surface area contributed by atoms with Crippen molar-refractivity contribution in [1.82, 2.24) is 0 Å². The third kappa shape index (κ3) is 6.36. The Morgan fingerprint density at radius 1 is 0.228 bits per heavy atom. The van der Waals surface area contributed by atoms with Crippen LogP contribution >= 0.6 is 0 Å². The van der Waals surface area contributed by atoms with Gasteiger partial charge in [0.2, 0.25) is 0 Å². The molecule has 0 atom stereocenters. The normalized spacial score (nSPS) is 11.2. The Hall–Kier alpha value is -7.48. The molecular weight excluding hydrogens is 687 g/mol. The Bertz CT molecular complexity index is 2920. The molecule has 0 saturated carbocycles. The van der Waals surface area contributed by atoms with E-state index in [1.54, 1.807) is 0 Å². The van der Waals surface area contributed by atoms with E-state index in [1.807, 2.05) is 0 Å². The van der Waals surface area contributed by atoms with Gasteiger partial charge in [-0.05, 0) is 90.3 Å². The number of para-hydroxylation sites is 1. The van der Waals surface area contributed by atoms with Gasteiger partial charge in [0.05, 0.1) is 5.69 Å². The molecule has 268 valence electrons. The van der Waals surface area contributed by atoms with Crippen molar-refractivity contribution in [3.8, 4) is 55.6 Å². The molecule has 0 aromatic heterocycles. The van der Waals surface area contributed by atoms with Crippen molar-refractivity contribution in [2.75, 3.05) is 4.90 Å². The average Bonchev–Trinajstić information content (AvgIpc) is 3.30. The topological polar surface area (TPSA) is 3.24 Å². The first-order chi connectivity index (χ1) is 28.3. The van der Waals surface area contributed by atoms with Gasteiger partial charge in [0, 0.05) is 22.5 Å². The Labute approximate surface area is 334 Å². The van der Waals surface area contributed by atoms with Crippen LogP contribution < -0.4 is 4.90 Å². The summed E-state index contributed by atoms with van der Waals surface area (Å²) >= 11 is 0. The molecule has 0 spiro atoms. The summed E-state index contributed by atoms with van der Waals surface area (Å²) in [5.74, 6) is 0. The zero-order valence-corrected chi connectivity index (χ0v) is 31.5. The van der Waals surface area contributed by atoms with Gasteiger partial charge in [0.25, 0.3) is 0 Å². The first kappa shape index (κ1) is 34.0. The van der Waals surface area contributed by atoms with Crippen molar-refractivity contribution >= 4 is 38.6 Å². The molecular formula is C56H39N. The van der Waals surface area contributed by atoms with E-state index in [0.717, 1.165) is 28.2 Å². The summed E-state index contributed by atoms with van der Waals surface area (Å²) in [4.78, 5) is 2.48. The molecule has 0 bridgehead atoms. The molecule has 0 saturated heterocycles. The van der Waals surface area contributed by atoms with Crippen LogP contribution in [0.3, 0.4) is 0 Å². The molecule has 1 heteroatoms. The van der Waals surface area contributed by atoms with Crippen LogP contribution in [0, 0.1) is 0 Å². The Morgan fingerprint density at radius 3 is 1.18 bits per heavy atom. The molecule has 1 nitrogen and oxygen atoms in total. The van der Waals surface area contributed by atoms with Crippen molar-refractivity contribution in [3.63, 3.8) is 0 Å². The van der Waals surface area contributed by atoms with Gasteiger partial charge in [-0.3, -0.25) is 0 Å². The summed E-state index contributed by atoms with van der Waals surface area (Å²) in [7, 11) is 0.